The van der Waals surface area contributed by atoms with E-state index in [9.17, 15) is 8.42 Å². The predicted molar refractivity (Wildman–Crippen MR) is 83.3 cm³/mol. The molecule has 0 aliphatic rings. The molecule has 6 heteroatoms. The second-order valence-corrected chi connectivity index (χ2v) is 7.38. The van der Waals surface area contributed by atoms with E-state index < -0.39 is 10.0 Å². The van der Waals surface area contributed by atoms with Gasteiger partial charge in [-0.2, -0.15) is 11.8 Å². The highest BCUT2D eigenvalue weighted by molar-refractivity contribution is 7.99. The molecule has 2 N–H and O–H groups in total. The average molecular weight is 313 g/mol. The molecule has 1 unspecified atom stereocenters. The number of rotatable bonds is 5. The second kappa shape index (κ2) is 7.70. The van der Waals surface area contributed by atoms with E-state index in [1.165, 1.54) is 6.07 Å². The monoisotopic (exact) mass is 313 g/mol. The summed E-state index contributed by atoms with van der Waals surface area (Å²) in [7, 11) is -3.49. The maximum Gasteiger partial charge on any atom is 0.240 e. The van der Waals surface area contributed by atoms with Crippen LogP contribution in [0.5, 0.6) is 0 Å². The Kier molecular flexibility index (Phi) is 6.56. The molecule has 0 bridgehead atoms. The number of aliphatic hydroxyl groups is 1. The van der Waals surface area contributed by atoms with Crippen LogP contribution in [0, 0.1) is 18.8 Å². The molecule has 0 heterocycles. The van der Waals surface area contributed by atoms with E-state index in [4.69, 9.17) is 5.11 Å². The molecule has 1 aromatic carbocycles. The van der Waals surface area contributed by atoms with Crippen molar-refractivity contribution in [2.24, 2.45) is 0 Å². The number of aryl methyl sites for hydroxylation is 1. The van der Waals surface area contributed by atoms with Crippen LogP contribution in [-0.4, -0.2) is 38.2 Å². The zero-order valence-electron chi connectivity index (χ0n) is 11.8. The lowest BCUT2D eigenvalue weighted by Gasteiger charge is -2.11. The third kappa shape index (κ3) is 4.84. The van der Waals surface area contributed by atoms with E-state index in [2.05, 4.69) is 16.6 Å². The van der Waals surface area contributed by atoms with Crippen LogP contribution in [0.1, 0.15) is 18.1 Å². The Labute approximate surface area is 125 Å². The molecule has 0 saturated heterocycles. The summed E-state index contributed by atoms with van der Waals surface area (Å²) in [6, 6.07) is 4.78. The lowest BCUT2D eigenvalue weighted by atomic mass is 10.1. The Morgan fingerprint density at radius 3 is 2.70 bits per heavy atom. The Bertz CT molecular complexity index is 615. The lowest BCUT2D eigenvalue weighted by Crippen LogP contribution is -2.29. The SMILES string of the molecule is CSC(C)CNS(=O)(=O)c1ccc(C#CCO)c(C)c1. The first kappa shape index (κ1) is 17.1. The Morgan fingerprint density at radius 2 is 2.15 bits per heavy atom. The molecule has 0 aliphatic heterocycles. The van der Waals surface area contributed by atoms with Crippen molar-refractivity contribution in [1.29, 1.82) is 0 Å². The molecule has 1 atom stereocenters. The summed E-state index contributed by atoms with van der Waals surface area (Å²) in [5.41, 5.74) is 1.49. The van der Waals surface area contributed by atoms with Crippen LogP contribution in [-0.2, 0) is 10.0 Å². The summed E-state index contributed by atoms with van der Waals surface area (Å²) in [6.07, 6.45) is 1.94. The summed E-state index contributed by atoms with van der Waals surface area (Å²) >= 11 is 1.61. The minimum atomic E-state index is -3.49. The Hall–Kier alpha value is -1.00. The first-order chi connectivity index (χ1) is 9.40. The van der Waals surface area contributed by atoms with Gasteiger partial charge in [0.15, 0.2) is 0 Å². The van der Waals surface area contributed by atoms with Crippen LogP contribution < -0.4 is 4.72 Å². The van der Waals surface area contributed by atoms with Gasteiger partial charge >= 0.3 is 0 Å². The molecule has 4 nitrogen and oxygen atoms in total. The summed E-state index contributed by atoms with van der Waals surface area (Å²) in [6.45, 7) is 3.94. The average Bonchev–Trinajstić information content (AvgIpc) is 2.43. The fraction of sp³-hybridized carbons (Fsp3) is 0.429. The molecule has 1 rings (SSSR count). The van der Waals surface area contributed by atoms with Crippen molar-refractivity contribution in [3.8, 4) is 11.8 Å². The number of thioether (sulfide) groups is 1. The summed E-state index contributed by atoms with van der Waals surface area (Å²) in [5, 5.41) is 8.89. The van der Waals surface area contributed by atoms with E-state index in [-0.39, 0.29) is 16.8 Å². The zero-order valence-corrected chi connectivity index (χ0v) is 13.4. The molecule has 0 amide bonds. The molecule has 0 saturated carbocycles. The molecule has 0 aromatic heterocycles. The van der Waals surface area contributed by atoms with Gasteiger partial charge in [-0.25, -0.2) is 13.1 Å². The molecule has 0 spiro atoms. The fourth-order valence-corrected chi connectivity index (χ4v) is 3.04. The number of hydrogen-bond acceptors (Lipinski definition) is 4. The van der Waals surface area contributed by atoms with Crippen LogP contribution in [0.3, 0.4) is 0 Å². The van der Waals surface area contributed by atoms with E-state index in [0.717, 1.165) is 11.1 Å². The van der Waals surface area contributed by atoms with Gasteiger partial charge in [0.25, 0.3) is 0 Å². The van der Waals surface area contributed by atoms with Crippen LogP contribution in [0.2, 0.25) is 0 Å². The molecular formula is C14H19NO3S2. The first-order valence-electron chi connectivity index (χ1n) is 6.13. The third-order valence-electron chi connectivity index (χ3n) is 2.77. The number of aliphatic hydroxyl groups excluding tert-OH is 1. The summed E-state index contributed by atoms with van der Waals surface area (Å²) in [4.78, 5) is 0.234. The van der Waals surface area contributed by atoms with Gasteiger partial charge in [0, 0.05) is 17.4 Å². The fourth-order valence-electron chi connectivity index (χ4n) is 1.47. The van der Waals surface area contributed by atoms with Gasteiger partial charge in [-0.1, -0.05) is 18.8 Å². The van der Waals surface area contributed by atoms with E-state index in [1.807, 2.05) is 13.2 Å². The Balaban J connectivity index is 2.94. The van der Waals surface area contributed by atoms with Gasteiger partial charge in [0.2, 0.25) is 10.0 Å². The highest BCUT2D eigenvalue weighted by atomic mass is 32.2. The van der Waals surface area contributed by atoms with Gasteiger partial charge in [0.05, 0.1) is 4.90 Å². The molecule has 0 fully saturated rings. The summed E-state index contributed by atoms with van der Waals surface area (Å²) in [5.74, 6) is 5.33. The third-order valence-corrected chi connectivity index (χ3v) is 5.17. The van der Waals surface area contributed by atoms with E-state index in [0.29, 0.717) is 6.54 Å². The van der Waals surface area contributed by atoms with Gasteiger partial charge in [-0.05, 0) is 36.9 Å². The van der Waals surface area contributed by atoms with Crippen LogP contribution in [0.25, 0.3) is 0 Å². The first-order valence-corrected chi connectivity index (χ1v) is 8.90. The van der Waals surface area contributed by atoms with Crippen molar-refractivity contribution < 1.29 is 13.5 Å². The number of sulfonamides is 1. The number of hydrogen-bond donors (Lipinski definition) is 2. The minimum Gasteiger partial charge on any atom is -0.384 e. The van der Waals surface area contributed by atoms with Crippen molar-refractivity contribution in [2.45, 2.75) is 24.0 Å². The van der Waals surface area contributed by atoms with E-state index in [1.54, 1.807) is 30.8 Å². The number of nitrogens with one attached hydrogen (secondary N) is 1. The van der Waals surface area contributed by atoms with Gasteiger partial charge in [-0.15, -0.1) is 0 Å². The standard InChI is InChI=1S/C14H19NO3S2/c1-11-9-14(7-6-13(11)5-4-8-16)20(17,18)15-10-12(2)19-3/h6-7,9,12,15-16H,8,10H2,1-3H3. The maximum absolute atomic E-state index is 12.1. The van der Waals surface area contributed by atoms with Gasteiger partial charge < -0.3 is 5.11 Å². The smallest absolute Gasteiger partial charge is 0.240 e. The molecule has 20 heavy (non-hydrogen) atoms. The van der Waals surface area contributed by atoms with Gasteiger partial charge in [0.1, 0.15) is 6.61 Å². The quantitative estimate of drug-likeness (QED) is 0.806. The van der Waals surface area contributed by atoms with Crippen LogP contribution in [0.15, 0.2) is 23.1 Å². The maximum atomic E-state index is 12.1. The predicted octanol–water partition coefficient (Wildman–Crippen LogP) is 1.37. The zero-order chi connectivity index (χ0) is 15.2. The van der Waals surface area contributed by atoms with Crippen molar-refractivity contribution in [2.75, 3.05) is 19.4 Å². The molecular weight excluding hydrogens is 294 g/mol. The van der Waals surface area contributed by atoms with Crippen LogP contribution >= 0.6 is 11.8 Å². The minimum absolute atomic E-state index is 0.215. The van der Waals surface area contributed by atoms with Crippen molar-refractivity contribution in [3.05, 3.63) is 29.3 Å². The largest absolute Gasteiger partial charge is 0.384 e. The van der Waals surface area contributed by atoms with E-state index >= 15 is 0 Å². The summed E-state index contributed by atoms with van der Waals surface area (Å²) < 4.78 is 26.9. The second-order valence-electron chi connectivity index (χ2n) is 4.33. The van der Waals surface area contributed by atoms with Crippen molar-refractivity contribution >= 4 is 21.8 Å². The van der Waals surface area contributed by atoms with Crippen molar-refractivity contribution in [3.63, 3.8) is 0 Å². The highest BCUT2D eigenvalue weighted by Gasteiger charge is 2.15. The highest BCUT2D eigenvalue weighted by Crippen LogP contribution is 2.15. The lowest BCUT2D eigenvalue weighted by molar-refractivity contribution is 0.350. The molecule has 0 aliphatic carbocycles. The molecule has 1 aromatic rings. The van der Waals surface area contributed by atoms with Crippen LogP contribution in [0.4, 0.5) is 0 Å². The number of benzene rings is 1. The Morgan fingerprint density at radius 1 is 1.45 bits per heavy atom. The van der Waals surface area contributed by atoms with Crippen molar-refractivity contribution in [1.82, 2.24) is 4.72 Å². The van der Waals surface area contributed by atoms with Gasteiger partial charge in [-0.3, -0.25) is 0 Å². The topological polar surface area (TPSA) is 66.4 Å². The normalized spacial score (nSPS) is 12.6. The molecule has 0 radical (unpaired) electrons. The molecule has 110 valence electrons.